The van der Waals surface area contributed by atoms with Gasteiger partial charge in [0, 0.05) is 5.41 Å². The predicted octanol–water partition coefficient (Wildman–Crippen LogP) is 1.93. The molecule has 0 rings (SSSR count). The van der Waals surface area contributed by atoms with Crippen LogP contribution in [0.1, 0.15) is 40.5 Å². The van der Waals surface area contributed by atoms with Crippen LogP contribution in [-0.2, 0) is 4.79 Å². The molecule has 0 saturated heterocycles. The molecule has 0 aromatic rings. The van der Waals surface area contributed by atoms with Gasteiger partial charge in [0.05, 0.1) is 0 Å². The molecule has 1 amide bonds. The zero-order chi connectivity index (χ0) is 9.07. The average Bonchev–Trinajstić information content (AvgIpc) is 1.86. The van der Waals surface area contributed by atoms with E-state index in [-0.39, 0.29) is 11.3 Å². The number of carbonyl (C=O) groups is 1. The van der Waals surface area contributed by atoms with Crippen LogP contribution in [0.15, 0.2) is 0 Å². The van der Waals surface area contributed by atoms with Crippen molar-refractivity contribution < 1.29 is 4.79 Å². The number of hydrogen-bond donors (Lipinski definition) is 1. The lowest BCUT2D eigenvalue weighted by Gasteiger charge is -2.23. The van der Waals surface area contributed by atoms with Gasteiger partial charge in [-0.2, -0.15) is 0 Å². The second-order valence-electron chi connectivity index (χ2n) is 3.97. The number of rotatable bonds is 4. The molecule has 0 heterocycles. The van der Waals surface area contributed by atoms with Crippen LogP contribution in [0.4, 0.5) is 0 Å². The van der Waals surface area contributed by atoms with E-state index in [1.165, 1.54) is 0 Å². The number of hydrogen-bond acceptors (Lipinski definition) is 1. The summed E-state index contributed by atoms with van der Waals surface area (Å²) in [5.74, 6) is 0.385. The summed E-state index contributed by atoms with van der Waals surface area (Å²) in [5, 5.41) is 0. The van der Waals surface area contributed by atoms with Gasteiger partial charge in [0.2, 0.25) is 5.91 Å². The molecule has 0 spiro atoms. The van der Waals surface area contributed by atoms with Gasteiger partial charge in [0.15, 0.2) is 0 Å². The van der Waals surface area contributed by atoms with E-state index in [2.05, 4.69) is 13.8 Å². The molecule has 0 aliphatic carbocycles. The number of amides is 1. The molecule has 0 saturated carbocycles. The fraction of sp³-hybridized carbons (Fsp3) is 0.889. The molecule has 0 aromatic heterocycles. The Kier molecular flexibility index (Phi) is 3.56. The third kappa shape index (κ3) is 3.40. The summed E-state index contributed by atoms with van der Waals surface area (Å²) in [6.07, 6.45) is 2.00. The molecule has 0 radical (unpaired) electrons. The van der Waals surface area contributed by atoms with Gasteiger partial charge in [-0.05, 0) is 12.3 Å². The smallest absolute Gasteiger partial charge is 0.223 e. The van der Waals surface area contributed by atoms with Crippen LogP contribution in [0.3, 0.4) is 0 Å². The van der Waals surface area contributed by atoms with Crippen LogP contribution in [0, 0.1) is 11.3 Å². The largest absolute Gasteiger partial charge is 0.369 e. The van der Waals surface area contributed by atoms with Crippen molar-refractivity contribution in [2.45, 2.75) is 40.5 Å². The highest BCUT2D eigenvalue weighted by Crippen LogP contribution is 2.25. The van der Waals surface area contributed by atoms with Gasteiger partial charge in [-0.3, -0.25) is 4.79 Å². The maximum Gasteiger partial charge on any atom is 0.223 e. The molecule has 0 aliphatic heterocycles. The van der Waals surface area contributed by atoms with Gasteiger partial charge in [-0.15, -0.1) is 0 Å². The molecule has 1 unspecified atom stereocenters. The minimum atomic E-state index is -0.338. The summed E-state index contributed by atoms with van der Waals surface area (Å²) in [5.41, 5.74) is 4.90. The minimum absolute atomic E-state index is 0.196. The maximum absolute atomic E-state index is 10.9. The van der Waals surface area contributed by atoms with Crippen molar-refractivity contribution >= 4 is 5.91 Å². The quantitative estimate of drug-likeness (QED) is 0.665. The van der Waals surface area contributed by atoms with Crippen molar-refractivity contribution in [2.75, 3.05) is 0 Å². The van der Waals surface area contributed by atoms with Gasteiger partial charge in [0.1, 0.15) is 0 Å². The first kappa shape index (κ1) is 10.5. The average molecular weight is 157 g/mol. The fourth-order valence-electron chi connectivity index (χ4n) is 1.12. The van der Waals surface area contributed by atoms with E-state index in [4.69, 9.17) is 5.73 Å². The highest BCUT2D eigenvalue weighted by molar-refractivity contribution is 5.79. The molecular weight excluding hydrogens is 138 g/mol. The van der Waals surface area contributed by atoms with E-state index >= 15 is 0 Å². The molecule has 0 fully saturated rings. The molecule has 1 atom stereocenters. The molecule has 66 valence electrons. The van der Waals surface area contributed by atoms with Crippen molar-refractivity contribution in [1.82, 2.24) is 0 Å². The van der Waals surface area contributed by atoms with E-state index in [1.807, 2.05) is 13.8 Å². The number of primary amides is 1. The molecular formula is C9H19NO. The molecule has 0 aliphatic rings. The van der Waals surface area contributed by atoms with Crippen LogP contribution in [-0.4, -0.2) is 5.91 Å². The Morgan fingerprint density at radius 2 is 2.00 bits per heavy atom. The fourth-order valence-corrected chi connectivity index (χ4v) is 1.12. The van der Waals surface area contributed by atoms with Crippen molar-refractivity contribution in [2.24, 2.45) is 17.1 Å². The highest BCUT2D eigenvalue weighted by atomic mass is 16.1. The Balaban J connectivity index is 4.01. The molecule has 2 nitrogen and oxygen atoms in total. The summed E-state index contributed by atoms with van der Waals surface area (Å²) < 4.78 is 0. The second-order valence-corrected chi connectivity index (χ2v) is 3.97. The third-order valence-electron chi connectivity index (χ3n) is 2.22. The lowest BCUT2D eigenvalue weighted by Crippen LogP contribution is -2.32. The van der Waals surface area contributed by atoms with Gasteiger partial charge in [-0.25, -0.2) is 0 Å². The predicted molar refractivity (Wildman–Crippen MR) is 47.0 cm³/mol. The van der Waals surface area contributed by atoms with Crippen molar-refractivity contribution in [1.29, 1.82) is 0 Å². The highest BCUT2D eigenvalue weighted by Gasteiger charge is 2.26. The summed E-state index contributed by atoms with van der Waals surface area (Å²) >= 11 is 0. The van der Waals surface area contributed by atoms with E-state index in [9.17, 15) is 4.79 Å². The van der Waals surface area contributed by atoms with Crippen LogP contribution in [0.2, 0.25) is 0 Å². The van der Waals surface area contributed by atoms with Crippen molar-refractivity contribution in [3.8, 4) is 0 Å². The zero-order valence-electron chi connectivity index (χ0n) is 7.98. The molecule has 2 heteroatoms. The monoisotopic (exact) mass is 157 g/mol. The summed E-state index contributed by atoms with van der Waals surface area (Å²) in [4.78, 5) is 10.9. The van der Waals surface area contributed by atoms with Crippen molar-refractivity contribution in [3.05, 3.63) is 0 Å². The molecule has 0 bridgehead atoms. The van der Waals surface area contributed by atoms with Gasteiger partial charge >= 0.3 is 0 Å². The maximum atomic E-state index is 10.9. The summed E-state index contributed by atoms with van der Waals surface area (Å²) in [7, 11) is 0. The Bertz CT molecular complexity index is 140. The van der Waals surface area contributed by atoms with Crippen LogP contribution in [0.5, 0.6) is 0 Å². The zero-order valence-corrected chi connectivity index (χ0v) is 7.98. The van der Waals surface area contributed by atoms with E-state index in [0.717, 1.165) is 12.8 Å². The Morgan fingerprint density at radius 3 is 2.27 bits per heavy atom. The van der Waals surface area contributed by atoms with Gasteiger partial charge < -0.3 is 5.73 Å². The Morgan fingerprint density at radius 1 is 1.55 bits per heavy atom. The topological polar surface area (TPSA) is 43.1 Å². The summed E-state index contributed by atoms with van der Waals surface area (Å²) in [6.45, 7) is 8.08. The normalized spacial score (nSPS) is 14.5. The standard InChI is InChI=1S/C9H19NO/c1-5-7(2)6-9(3,4)8(10)11/h7H,5-6H2,1-4H3,(H2,10,11). The number of nitrogens with two attached hydrogens (primary N) is 1. The third-order valence-corrected chi connectivity index (χ3v) is 2.22. The minimum Gasteiger partial charge on any atom is -0.369 e. The van der Waals surface area contributed by atoms with E-state index in [1.54, 1.807) is 0 Å². The molecule has 0 aromatic carbocycles. The lowest BCUT2D eigenvalue weighted by atomic mass is 9.82. The molecule has 11 heavy (non-hydrogen) atoms. The first-order valence-electron chi connectivity index (χ1n) is 4.20. The molecule has 2 N–H and O–H groups in total. The summed E-state index contributed by atoms with van der Waals surface area (Å²) in [6, 6.07) is 0. The first-order valence-corrected chi connectivity index (χ1v) is 4.20. The Labute approximate surface area is 69.2 Å². The number of carbonyl (C=O) groups excluding carboxylic acids is 1. The van der Waals surface area contributed by atoms with Crippen LogP contribution < -0.4 is 5.73 Å². The van der Waals surface area contributed by atoms with E-state index in [0.29, 0.717) is 5.92 Å². The second kappa shape index (κ2) is 3.74. The first-order chi connectivity index (χ1) is 4.90. The lowest BCUT2D eigenvalue weighted by molar-refractivity contribution is -0.126. The van der Waals surface area contributed by atoms with Crippen LogP contribution >= 0.6 is 0 Å². The van der Waals surface area contributed by atoms with Crippen molar-refractivity contribution in [3.63, 3.8) is 0 Å². The SMILES string of the molecule is CCC(C)CC(C)(C)C(N)=O. The van der Waals surface area contributed by atoms with E-state index < -0.39 is 0 Å². The Hall–Kier alpha value is -0.530. The van der Waals surface area contributed by atoms with Gasteiger partial charge in [0.25, 0.3) is 0 Å². The van der Waals surface area contributed by atoms with Crippen LogP contribution in [0.25, 0.3) is 0 Å². The van der Waals surface area contributed by atoms with Gasteiger partial charge in [-0.1, -0.05) is 34.1 Å².